The van der Waals surface area contributed by atoms with Crippen molar-refractivity contribution in [1.82, 2.24) is 19.6 Å². The average Bonchev–Trinajstić information content (AvgIpc) is 3.47. The number of amides is 2. The smallest absolute Gasteiger partial charge is 0.274 e. The van der Waals surface area contributed by atoms with E-state index in [4.69, 9.17) is 4.74 Å². The Morgan fingerprint density at radius 1 is 1.02 bits per heavy atom. The van der Waals surface area contributed by atoms with E-state index in [2.05, 4.69) is 27.1 Å². The Hall–Kier alpha value is -5.00. The summed E-state index contributed by atoms with van der Waals surface area (Å²) in [5.74, 6) is -4.00. The van der Waals surface area contributed by atoms with Crippen LogP contribution in [-0.2, 0) is 11.3 Å². The zero-order valence-electron chi connectivity index (χ0n) is 25.2. The molecule has 0 bridgehead atoms. The molecule has 0 fully saturated rings. The van der Waals surface area contributed by atoms with Gasteiger partial charge in [-0.05, 0) is 78.7 Å². The molecular formula is C34H34F3N5O3. The number of fused-ring (bicyclic) bond motifs is 1. The van der Waals surface area contributed by atoms with Crippen molar-refractivity contribution in [1.29, 1.82) is 0 Å². The minimum absolute atomic E-state index is 0.0613. The van der Waals surface area contributed by atoms with Crippen LogP contribution in [0.15, 0.2) is 91.3 Å². The van der Waals surface area contributed by atoms with Crippen LogP contribution in [0.25, 0.3) is 11.2 Å². The summed E-state index contributed by atoms with van der Waals surface area (Å²) in [6.07, 6.45) is 8.91. The molecule has 2 N–H and O–H groups in total. The van der Waals surface area contributed by atoms with E-state index in [1.54, 1.807) is 23.8 Å². The molecule has 2 aromatic heterocycles. The molecule has 234 valence electrons. The molecule has 0 aliphatic heterocycles. The lowest BCUT2D eigenvalue weighted by Crippen LogP contribution is -2.24. The van der Waals surface area contributed by atoms with Crippen molar-refractivity contribution >= 4 is 28.7 Å². The van der Waals surface area contributed by atoms with Gasteiger partial charge in [-0.1, -0.05) is 30.9 Å². The van der Waals surface area contributed by atoms with Gasteiger partial charge in [-0.15, -0.1) is 0 Å². The highest BCUT2D eigenvalue weighted by Crippen LogP contribution is 2.22. The maximum atomic E-state index is 14.7. The number of aromatic nitrogens is 2. The third kappa shape index (κ3) is 8.34. The Morgan fingerprint density at radius 3 is 2.51 bits per heavy atom. The van der Waals surface area contributed by atoms with Crippen molar-refractivity contribution in [2.75, 3.05) is 39.2 Å². The summed E-state index contributed by atoms with van der Waals surface area (Å²) >= 11 is 0. The van der Waals surface area contributed by atoms with Gasteiger partial charge >= 0.3 is 0 Å². The molecule has 0 saturated heterocycles. The van der Waals surface area contributed by atoms with Gasteiger partial charge in [0, 0.05) is 38.5 Å². The normalized spacial score (nSPS) is 12.1. The second-order valence-corrected chi connectivity index (χ2v) is 10.3. The highest BCUT2D eigenvalue weighted by atomic mass is 19.2. The van der Waals surface area contributed by atoms with Gasteiger partial charge in [0.15, 0.2) is 11.6 Å². The third-order valence-electron chi connectivity index (χ3n) is 7.05. The van der Waals surface area contributed by atoms with Crippen molar-refractivity contribution in [2.24, 2.45) is 0 Å². The fraction of sp³-hybridized carbons (Fsp3) is 0.206. The average molecular weight is 618 g/mol. The van der Waals surface area contributed by atoms with Gasteiger partial charge in [0.1, 0.15) is 17.2 Å². The maximum absolute atomic E-state index is 14.7. The second-order valence-electron chi connectivity index (χ2n) is 10.3. The first-order chi connectivity index (χ1) is 21.6. The van der Waals surface area contributed by atoms with Gasteiger partial charge in [0.25, 0.3) is 11.8 Å². The topological polar surface area (TPSA) is 88.0 Å². The molecule has 0 atom stereocenters. The van der Waals surface area contributed by atoms with Crippen LogP contribution < -0.4 is 10.6 Å². The molecule has 0 aliphatic carbocycles. The summed E-state index contributed by atoms with van der Waals surface area (Å²) < 4.78 is 48.0. The van der Waals surface area contributed by atoms with E-state index in [9.17, 15) is 22.8 Å². The molecule has 4 aromatic rings. The summed E-state index contributed by atoms with van der Waals surface area (Å²) in [7, 11) is 3.69. The van der Waals surface area contributed by atoms with E-state index < -0.39 is 29.3 Å². The summed E-state index contributed by atoms with van der Waals surface area (Å²) in [6, 6.07) is 10.4. The number of nitrogens with one attached hydrogen (secondary N) is 2. The van der Waals surface area contributed by atoms with Crippen LogP contribution in [0.5, 0.6) is 0 Å². The zero-order valence-corrected chi connectivity index (χ0v) is 25.2. The van der Waals surface area contributed by atoms with Crippen LogP contribution in [-0.4, -0.2) is 60.0 Å². The first-order valence-electron chi connectivity index (χ1n) is 14.1. The Morgan fingerprint density at radius 2 is 1.80 bits per heavy atom. The summed E-state index contributed by atoms with van der Waals surface area (Å²) in [5.41, 5.74) is 3.66. The molecular weight excluding hydrogens is 583 g/mol. The largest absolute Gasteiger partial charge is 0.383 e. The zero-order chi connectivity index (χ0) is 32.5. The van der Waals surface area contributed by atoms with E-state index in [0.717, 1.165) is 48.0 Å². The van der Waals surface area contributed by atoms with Crippen LogP contribution in [0.1, 0.15) is 38.9 Å². The first-order valence-corrected chi connectivity index (χ1v) is 14.1. The number of allylic oxidation sites excluding steroid dienone is 3. The van der Waals surface area contributed by atoms with Crippen LogP contribution in [0, 0.1) is 17.5 Å². The molecule has 0 unspecified atom stereocenters. The lowest BCUT2D eigenvalue weighted by molar-refractivity contribution is 0.0949. The van der Waals surface area contributed by atoms with Gasteiger partial charge in [-0.2, -0.15) is 0 Å². The Labute approximate surface area is 259 Å². The number of methoxy groups -OCH3 is 1. The van der Waals surface area contributed by atoms with Crippen molar-refractivity contribution in [3.8, 4) is 0 Å². The minimum atomic E-state index is -1.03. The molecule has 0 radical (unpaired) electrons. The number of pyridine rings is 1. The van der Waals surface area contributed by atoms with Crippen LogP contribution >= 0.6 is 0 Å². The lowest BCUT2D eigenvalue weighted by Gasteiger charge is -2.17. The number of benzene rings is 2. The number of rotatable bonds is 13. The number of anilines is 1. The van der Waals surface area contributed by atoms with E-state index >= 15 is 0 Å². The van der Waals surface area contributed by atoms with Crippen LogP contribution in [0.4, 0.5) is 18.9 Å². The number of hydrogen-bond donors (Lipinski definition) is 2. The molecule has 0 aliphatic rings. The number of carbonyl (C=O) groups excluding carboxylic acids is 2. The highest BCUT2D eigenvalue weighted by Gasteiger charge is 2.17. The molecule has 0 saturated carbocycles. The number of halogens is 3. The highest BCUT2D eigenvalue weighted by molar-refractivity contribution is 6.04. The van der Waals surface area contributed by atoms with E-state index in [0.29, 0.717) is 17.8 Å². The maximum Gasteiger partial charge on any atom is 0.274 e. The summed E-state index contributed by atoms with van der Waals surface area (Å²) in [4.78, 5) is 32.4. The fourth-order valence-electron chi connectivity index (χ4n) is 4.53. The monoisotopic (exact) mass is 617 g/mol. The van der Waals surface area contributed by atoms with Gasteiger partial charge in [-0.3, -0.25) is 18.9 Å². The summed E-state index contributed by atoms with van der Waals surface area (Å²) in [5, 5.41) is 5.07. The lowest BCUT2D eigenvalue weighted by atomic mass is 10.0. The van der Waals surface area contributed by atoms with E-state index in [1.807, 2.05) is 38.3 Å². The molecule has 0 spiro atoms. The second kappa shape index (κ2) is 15.1. The van der Waals surface area contributed by atoms with Gasteiger partial charge in [0.2, 0.25) is 0 Å². The predicted octanol–water partition coefficient (Wildman–Crippen LogP) is 6.03. The predicted molar refractivity (Wildman–Crippen MR) is 168 cm³/mol. The molecule has 2 amide bonds. The third-order valence-corrected chi connectivity index (χ3v) is 7.05. The van der Waals surface area contributed by atoms with Crippen molar-refractivity contribution < 1.29 is 27.5 Å². The fourth-order valence-corrected chi connectivity index (χ4v) is 4.53. The Kier molecular flexibility index (Phi) is 11.1. The van der Waals surface area contributed by atoms with Crippen molar-refractivity contribution in [2.45, 2.75) is 13.5 Å². The number of carbonyl (C=O) groups is 2. The Balaban J connectivity index is 1.48. The number of hydrogen-bond acceptors (Lipinski definition) is 5. The molecule has 8 nitrogen and oxygen atoms in total. The van der Waals surface area contributed by atoms with Crippen LogP contribution in [0.2, 0.25) is 0 Å². The SMILES string of the molecule is C=C/C(=C\C(=C/C)CN(C)CCOC)c1ccn2c(C(=O)Nc3cc(C(=O)NCc4ccc(F)c(F)c4)ccc3F)cnc2c1. The molecule has 4 rings (SSSR count). The van der Waals surface area contributed by atoms with Crippen molar-refractivity contribution in [3.05, 3.63) is 131 Å². The molecule has 45 heavy (non-hydrogen) atoms. The van der Waals surface area contributed by atoms with Crippen molar-refractivity contribution in [3.63, 3.8) is 0 Å². The summed E-state index contributed by atoms with van der Waals surface area (Å²) in [6.45, 7) is 8.00. The molecule has 2 aromatic carbocycles. The van der Waals surface area contributed by atoms with E-state index in [1.165, 1.54) is 24.4 Å². The Bertz CT molecular complexity index is 1780. The standard InChI is InChI=1S/C34H34F3N5O3/c1-5-22(21-41(3)13-14-45-4)15-24(6-2)25-11-12-42-31(20-38-32(42)18-25)34(44)40-30-17-26(8-10-28(30)36)33(43)39-19-23-7-9-27(35)29(37)16-23/h5-12,15-18,20H,2,13-14,19,21H2,1,3-4H3,(H,39,43)(H,40,44)/b22-5+,24-15+. The van der Waals surface area contributed by atoms with Gasteiger partial charge in [-0.25, -0.2) is 18.2 Å². The first kappa shape index (κ1) is 32.9. The molecule has 2 heterocycles. The number of nitrogens with zero attached hydrogens (tertiary/aromatic N) is 3. The number of ether oxygens (including phenoxy) is 1. The number of imidazole rings is 1. The minimum Gasteiger partial charge on any atom is -0.383 e. The molecule has 11 heteroatoms. The van der Waals surface area contributed by atoms with Gasteiger partial charge in [0.05, 0.1) is 18.5 Å². The van der Waals surface area contributed by atoms with Gasteiger partial charge < -0.3 is 15.4 Å². The number of likely N-dealkylation sites (N-methyl/N-ethyl adjacent to an activating group) is 1. The van der Waals surface area contributed by atoms with Crippen LogP contribution in [0.3, 0.4) is 0 Å². The quantitative estimate of drug-likeness (QED) is 0.179. The van der Waals surface area contributed by atoms with E-state index in [-0.39, 0.29) is 23.5 Å².